The molecule has 1 aromatic carbocycles. The molecule has 5 nitrogen and oxygen atoms in total. The molecule has 0 saturated heterocycles. The summed E-state index contributed by atoms with van der Waals surface area (Å²) in [5.74, 6) is 0.196. The van der Waals surface area contributed by atoms with Gasteiger partial charge in [-0.1, -0.05) is 25.1 Å². The zero-order chi connectivity index (χ0) is 15.7. The smallest absolute Gasteiger partial charge is 0.220 e. The van der Waals surface area contributed by atoms with E-state index in [0.717, 1.165) is 17.6 Å². The van der Waals surface area contributed by atoms with E-state index in [2.05, 4.69) is 29.0 Å². The fraction of sp³-hybridized carbons (Fsp3) is 0.353. The van der Waals surface area contributed by atoms with Gasteiger partial charge in [0.05, 0.1) is 6.42 Å². The normalized spacial score (nSPS) is 23.6. The van der Waals surface area contributed by atoms with E-state index in [1.165, 1.54) is 10.9 Å². The number of nitrogens with zero attached hydrogens (tertiary/aromatic N) is 1. The van der Waals surface area contributed by atoms with Crippen LogP contribution in [0.5, 0.6) is 0 Å². The number of fused-ring (bicyclic) bond motifs is 1. The Kier molecular flexibility index (Phi) is 3.79. The van der Waals surface area contributed by atoms with Crippen molar-refractivity contribution in [3.8, 4) is 0 Å². The van der Waals surface area contributed by atoms with Gasteiger partial charge in [0.25, 0.3) is 0 Å². The molecule has 3 N–H and O–H groups in total. The standard InChI is InChI=1S/C17H19N3O2/c1-10-14(17(10)20-12(9-21)7-16(18)22)6-11-8-19-15-5-3-2-4-13(11)15/h2-5,8-10,12,14,19H,6-7H2,1H3,(H2,18,22). The number of benzene rings is 1. The summed E-state index contributed by atoms with van der Waals surface area (Å²) in [6.07, 6.45) is 3.62. The van der Waals surface area contributed by atoms with Gasteiger partial charge in [-0.25, -0.2) is 0 Å². The van der Waals surface area contributed by atoms with Crippen LogP contribution >= 0.6 is 0 Å². The minimum Gasteiger partial charge on any atom is -0.370 e. The monoisotopic (exact) mass is 297 g/mol. The van der Waals surface area contributed by atoms with Crippen LogP contribution in [0.2, 0.25) is 0 Å². The van der Waals surface area contributed by atoms with Crippen LogP contribution in [0, 0.1) is 11.8 Å². The molecule has 0 radical (unpaired) electrons. The van der Waals surface area contributed by atoms with Gasteiger partial charge >= 0.3 is 0 Å². The van der Waals surface area contributed by atoms with Gasteiger partial charge in [0.2, 0.25) is 5.91 Å². The lowest BCUT2D eigenvalue weighted by atomic mass is 10.1. The summed E-state index contributed by atoms with van der Waals surface area (Å²) in [4.78, 5) is 29.6. The van der Waals surface area contributed by atoms with Crippen LogP contribution in [0.4, 0.5) is 0 Å². The predicted octanol–water partition coefficient (Wildman–Crippen LogP) is 1.86. The van der Waals surface area contributed by atoms with Gasteiger partial charge in [-0.2, -0.15) is 0 Å². The Morgan fingerprint density at radius 2 is 2.23 bits per heavy atom. The van der Waals surface area contributed by atoms with Gasteiger partial charge in [-0.15, -0.1) is 0 Å². The molecule has 1 amide bonds. The van der Waals surface area contributed by atoms with Gasteiger partial charge < -0.3 is 15.5 Å². The number of hydrogen-bond acceptors (Lipinski definition) is 3. The molecule has 3 atom stereocenters. The second-order valence-corrected chi connectivity index (χ2v) is 5.89. The molecule has 22 heavy (non-hydrogen) atoms. The first-order valence-electron chi connectivity index (χ1n) is 7.46. The van der Waals surface area contributed by atoms with Crippen LogP contribution in [0.25, 0.3) is 10.9 Å². The summed E-state index contributed by atoms with van der Waals surface area (Å²) < 4.78 is 0. The number of hydrogen-bond donors (Lipinski definition) is 2. The van der Waals surface area contributed by atoms with Crippen LogP contribution < -0.4 is 5.73 Å². The Balaban J connectivity index is 1.74. The number of carbonyl (C=O) groups is 2. The second kappa shape index (κ2) is 5.75. The van der Waals surface area contributed by atoms with E-state index in [0.29, 0.717) is 18.1 Å². The van der Waals surface area contributed by atoms with E-state index in [9.17, 15) is 9.59 Å². The highest BCUT2D eigenvalue weighted by molar-refractivity contribution is 6.05. The largest absolute Gasteiger partial charge is 0.370 e. The van der Waals surface area contributed by atoms with Crippen LogP contribution in [0.3, 0.4) is 0 Å². The number of nitrogens with two attached hydrogens (primary N) is 1. The fourth-order valence-corrected chi connectivity index (χ4v) is 3.00. The number of primary amides is 1. The summed E-state index contributed by atoms with van der Waals surface area (Å²) in [6.45, 7) is 2.10. The number of aldehydes is 1. The van der Waals surface area contributed by atoms with Crippen molar-refractivity contribution in [1.29, 1.82) is 0 Å². The number of rotatable bonds is 6. The van der Waals surface area contributed by atoms with Gasteiger partial charge in [0, 0.05) is 34.6 Å². The van der Waals surface area contributed by atoms with Gasteiger partial charge in [0.15, 0.2) is 0 Å². The quantitative estimate of drug-likeness (QED) is 0.797. The molecular formula is C17H19N3O2. The number of carbonyl (C=O) groups excluding carboxylic acids is 2. The molecule has 0 aliphatic heterocycles. The molecule has 114 valence electrons. The summed E-state index contributed by atoms with van der Waals surface area (Å²) in [5.41, 5.74) is 8.54. The molecule has 1 fully saturated rings. The van der Waals surface area contributed by atoms with Crippen LogP contribution in [-0.2, 0) is 16.0 Å². The molecule has 1 heterocycles. The molecule has 1 aromatic heterocycles. The molecule has 2 aromatic rings. The lowest BCUT2D eigenvalue weighted by molar-refractivity contribution is -0.120. The number of aromatic nitrogens is 1. The average Bonchev–Trinajstić information content (AvgIpc) is 2.93. The Morgan fingerprint density at radius 3 is 2.95 bits per heavy atom. The molecule has 3 rings (SSSR count). The average molecular weight is 297 g/mol. The minimum atomic E-state index is -0.636. The van der Waals surface area contributed by atoms with Crippen LogP contribution in [0.1, 0.15) is 18.9 Å². The molecule has 5 heteroatoms. The summed E-state index contributed by atoms with van der Waals surface area (Å²) in [6, 6.07) is 7.56. The summed E-state index contributed by atoms with van der Waals surface area (Å²) in [5, 5.41) is 1.23. The van der Waals surface area contributed by atoms with Crippen molar-refractivity contribution in [3.63, 3.8) is 0 Å². The van der Waals surface area contributed by atoms with Crippen molar-refractivity contribution in [2.45, 2.75) is 25.8 Å². The van der Waals surface area contributed by atoms with E-state index >= 15 is 0 Å². The molecule has 3 unspecified atom stereocenters. The third-order valence-electron chi connectivity index (χ3n) is 4.34. The maximum absolute atomic E-state index is 11.0. The molecule has 1 saturated carbocycles. The first-order valence-corrected chi connectivity index (χ1v) is 7.46. The number of H-pyrrole nitrogens is 1. The maximum Gasteiger partial charge on any atom is 0.220 e. The Morgan fingerprint density at radius 1 is 1.45 bits per heavy atom. The Bertz CT molecular complexity index is 747. The highest BCUT2D eigenvalue weighted by Gasteiger charge is 2.42. The first-order chi connectivity index (χ1) is 10.6. The number of para-hydroxylation sites is 1. The minimum absolute atomic E-state index is 0.0144. The lowest BCUT2D eigenvalue weighted by Gasteiger charge is -2.00. The summed E-state index contributed by atoms with van der Waals surface area (Å²) >= 11 is 0. The molecule has 1 aliphatic rings. The Hall–Kier alpha value is -2.43. The first kappa shape index (κ1) is 14.5. The van der Waals surface area contributed by atoms with E-state index < -0.39 is 11.9 Å². The zero-order valence-electron chi connectivity index (χ0n) is 12.5. The highest BCUT2D eigenvalue weighted by Crippen LogP contribution is 2.39. The molecule has 1 aliphatic carbocycles. The van der Waals surface area contributed by atoms with E-state index in [4.69, 9.17) is 5.73 Å². The highest BCUT2D eigenvalue weighted by atomic mass is 16.1. The van der Waals surface area contributed by atoms with Crippen molar-refractivity contribution in [2.24, 2.45) is 22.6 Å². The van der Waals surface area contributed by atoms with Gasteiger partial charge in [-0.3, -0.25) is 9.79 Å². The lowest BCUT2D eigenvalue weighted by Crippen LogP contribution is -2.20. The third-order valence-corrected chi connectivity index (χ3v) is 4.34. The second-order valence-electron chi connectivity index (χ2n) is 5.89. The number of aromatic amines is 1. The number of aliphatic imine (C=N–C) groups is 1. The predicted molar refractivity (Wildman–Crippen MR) is 85.8 cm³/mol. The van der Waals surface area contributed by atoms with Crippen molar-refractivity contribution in [2.75, 3.05) is 0 Å². The zero-order valence-corrected chi connectivity index (χ0v) is 12.5. The van der Waals surface area contributed by atoms with Gasteiger partial charge in [0.1, 0.15) is 12.3 Å². The number of nitrogens with one attached hydrogen (secondary N) is 1. The van der Waals surface area contributed by atoms with E-state index in [-0.39, 0.29) is 6.42 Å². The summed E-state index contributed by atoms with van der Waals surface area (Å²) in [7, 11) is 0. The van der Waals surface area contributed by atoms with Crippen LogP contribution in [0.15, 0.2) is 35.5 Å². The molecule has 0 bridgehead atoms. The maximum atomic E-state index is 11.0. The Labute approximate surface area is 128 Å². The van der Waals surface area contributed by atoms with E-state index in [1.54, 1.807) is 0 Å². The number of amides is 1. The van der Waals surface area contributed by atoms with E-state index in [1.807, 2.05) is 18.3 Å². The van der Waals surface area contributed by atoms with Crippen LogP contribution in [-0.4, -0.2) is 28.9 Å². The SMILES string of the molecule is CC1C(=NC(C=O)CC(N)=O)C1Cc1c[nH]c2ccccc12. The third kappa shape index (κ3) is 2.79. The van der Waals surface area contributed by atoms with Gasteiger partial charge in [-0.05, 0) is 18.1 Å². The van der Waals surface area contributed by atoms with Crippen molar-refractivity contribution in [1.82, 2.24) is 4.98 Å². The van der Waals surface area contributed by atoms with Crippen molar-refractivity contribution < 1.29 is 9.59 Å². The topological polar surface area (TPSA) is 88.3 Å². The molecular weight excluding hydrogens is 278 g/mol. The molecule has 0 spiro atoms. The van der Waals surface area contributed by atoms with Crippen molar-refractivity contribution >= 4 is 28.8 Å². The fourth-order valence-electron chi connectivity index (χ4n) is 3.00. The van der Waals surface area contributed by atoms with Crippen molar-refractivity contribution in [3.05, 3.63) is 36.0 Å².